The van der Waals surface area contributed by atoms with Crippen molar-refractivity contribution in [1.82, 2.24) is 5.32 Å². The highest BCUT2D eigenvalue weighted by Gasteiger charge is 2.05. The number of carbonyl (C=O) groups is 1. The van der Waals surface area contributed by atoms with E-state index in [0.29, 0.717) is 18.7 Å². The van der Waals surface area contributed by atoms with Gasteiger partial charge in [-0.3, -0.25) is 4.79 Å². The average Bonchev–Trinajstić information content (AvgIpc) is 2.18. The maximum absolute atomic E-state index is 11.5. The molecule has 14 heavy (non-hydrogen) atoms. The van der Waals surface area contributed by atoms with Crippen LogP contribution in [0.15, 0.2) is 22.7 Å². The summed E-state index contributed by atoms with van der Waals surface area (Å²) in [5, 5.41) is 2.71. The largest absolute Gasteiger partial charge is 0.351 e. The molecule has 0 aromatic heterocycles. The lowest BCUT2D eigenvalue weighted by molar-refractivity contribution is 0.0954. The molecule has 1 aromatic carbocycles. The minimum atomic E-state index is -0.0869. The van der Waals surface area contributed by atoms with Crippen LogP contribution in [-0.4, -0.2) is 19.0 Å². The molecular formula is C10H13BrN2O. The van der Waals surface area contributed by atoms with Gasteiger partial charge in [-0.2, -0.15) is 0 Å². The minimum Gasteiger partial charge on any atom is -0.351 e. The number of rotatable bonds is 3. The van der Waals surface area contributed by atoms with Gasteiger partial charge in [0.2, 0.25) is 0 Å². The zero-order valence-electron chi connectivity index (χ0n) is 8.01. The standard InChI is InChI=1S/C10H13BrN2O/c1-7-2-3-8(6-9(7)11)10(14)13-5-4-12/h2-3,6H,4-5,12H2,1H3,(H,13,14). The molecule has 0 spiro atoms. The van der Waals surface area contributed by atoms with Crippen molar-refractivity contribution in [3.63, 3.8) is 0 Å². The Morgan fingerprint density at radius 2 is 2.29 bits per heavy atom. The van der Waals surface area contributed by atoms with E-state index in [2.05, 4.69) is 21.2 Å². The van der Waals surface area contributed by atoms with E-state index in [4.69, 9.17) is 5.73 Å². The molecule has 0 radical (unpaired) electrons. The summed E-state index contributed by atoms with van der Waals surface area (Å²) in [7, 11) is 0. The summed E-state index contributed by atoms with van der Waals surface area (Å²) in [6.45, 7) is 2.94. The molecule has 0 saturated heterocycles. The van der Waals surface area contributed by atoms with Crippen molar-refractivity contribution in [3.8, 4) is 0 Å². The smallest absolute Gasteiger partial charge is 0.251 e. The molecule has 0 saturated carbocycles. The Labute approximate surface area is 91.8 Å². The molecule has 0 aliphatic carbocycles. The number of benzene rings is 1. The number of amides is 1. The highest BCUT2D eigenvalue weighted by atomic mass is 79.9. The second-order valence-electron chi connectivity index (χ2n) is 3.01. The lowest BCUT2D eigenvalue weighted by Crippen LogP contribution is -2.28. The normalized spacial score (nSPS) is 9.93. The molecule has 0 atom stereocenters. The van der Waals surface area contributed by atoms with Crippen LogP contribution in [0.4, 0.5) is 0 Å². The molecule has 76 valence electrons. The van der Waals surface area contributed by atoms with E-state index in [1.54, 1.807) is 12.1 Å². The Morgan fingerprint density at radius 1 is 1.57 bits per heavy atom. The summed E-state index contributed by atoms with van der Waals surface area (Å²) < 4.78 is 0.942. The minimum absolute atomic E-state index is 0.0869. The van der Waals surface area contributed by atoms with Crippen molar-refractivity contribution in [2.75, 3.05) is 13.1 Å². The van der Waals surface area contributed by atoms with Gasteiger partial charge >= 0.3 is 0 Å². The Morgan fingerprint density at radius 3 is 2.86 bits per heavy atom. The predicted octanol–water partition coefficient (Wildman–Crippen LogP) is 1.45. The van der Waals surface area contributed by atoms with Gasteiger partial charge in [-0.25, -0.2) is 0 Å². The van der Waals surface area contributed by atoms with Gasteiger partial charge in [-0.1, -0.05) is 22.0 Å². The summed E-state index contributed by atoms with van der Waals surface area (Å²) in [5.41, 5.74) is 7.05. The maximum Gasteiger partial charge on any atom is 0.251 e. The molecule has 1 amide bonds. The summed E-state index contributed by atoms with van der Waals surface area (Å²) in [5.74, 6) is -0.0869. The lowest BCUT2D eigenvalue weighted by atomic mass is 10.1. The Hall–Kier alpha value is -0.870. The monoisotopic (exact) mass is 256 g/mol. The molecule has 0 aliphatic rings. The first kappa shape index (κ1) is 11.2. The fraction of sp³-hybridized carbons (Fsp3) is 0.300. The van der Waals surface area contributed by atoms with Crippen LogP contribution in [0.3, 0.4) is 0 Å². The molecule has 0 bridgehead atoms. The topological polar surface area (TPSA) is 55.1 Å². The predicted molar refractivity (Wildman–Crippen MR) is 60.3 cm³/mol. The molecule has 3 nitrogen and oxygen atoms in total. The second kappa shape index (κ2) is 5.12. The number of halogens is 1. The third kappa shape index (κ3) is 2.82. The highest BCUT2D eigenvalue weighted by Crippen LogP contribution is 2.17. The summed E-state index contributed by atoms with van der Waals surface area (Å²) >= 11 is 3.38. The van der Waals surface area contributed by atoms with Crippen molar-refractivity contribution in [2.45, 2.75) is 6.92 Å². The highest BCUT2D eigenvalue weighted by molar-refractivity contribution is 9.10. The molecule has 0 unspecified atom stereocenters. The number of hydrogen-bond donors (Lipinski definition) is 2. The number of nitrogens with one attached hydrogen (secondary N) is 1. The van der Waals surface area contributed by atoms with E-state index < -0.39 is 0 Å². The van der Waals surface area contributed by atoms with Gasteiger partial charge in [0, 0.05) is 23.1 Å². The van der Waals surface area contributed by atoms with Crippen LogP contribution in [0.5, 0.6) is 0 Å². The first-order chi connectivity index (χ1) is 6.65. The van der Waals surface area contributed by atoms with Gasteiger partial charge in [0.15, 0.2) is 0 Å². The molecule has 0 fully saturated rings. The number of nitrogens with two attached hydrogens (primary N) is 1. The quantitative estimate of drug-likeness (QED) is 0.861. The van der Waals surface area contributed by atoms with E-state index in [1.165, 1.54) is 0 Å². The molecule has 1 aromatic rings. The zero-order chi connectivity index (χ0) is 10.6. The maximum atomic E-state index is 11.5. The van der Waals surface area contributed by atoms with Gasteiger partial charge < -0.3 is 11.1 Å². The third-order valence-corrected chi connectivity index (χ3v) is 2.72. The van der Waals surface area contributed by atoms with Crippen LogP contribution in [0.1, 0.15) is 15.9 Å². The summed E-state index contributed by atoms with van der Waals surface area (Å²) in [6.07, 6.45) is 0. The van der Waals surface area contributed by atoms with E-state index in [-0.39, 0.29) is 5.91 Å². The van der Waals surface area contributed by atoms with E-state index in [9.17, 15) is 4.79 Å². The van der Waals surface area contributed by atoms with E-state index in [1.807, 2.05) is 13.0 Å². The van der Waals surface area contributed by atoms with Gasteiger partial charge in [-0.05, 0) is 24.6 Å². The van der Waals surface area contributed by atoms with Crippen molar-refractivity contribution < 1.29 is 4.79 Å². The summed E-state index contributed by atoms with van der Waals surface area (Å²) in [6, 6.07) is 5.51. The zero-order valence-corrected chi connectivity index (χ0v) is 9.60. The van der Waals surface area contributed by atoms with Crippen LogP contribution in [0.25, 0.3) is 0 Å². The first-order valence-corrected chi connectivity index (χ1v) is 5.19. The van der Waals surface area contributed by atoms with Crippen LogP contribution in [0, 0.1) is 6.92 Å². The number of hydrogen-bond acceptors (Lipinski definition) is 2. The first-order valence-electron chi connectivity index (χ1n) is 4.39. The molecule has 4 heteroatoms. The van der Waals surface area contributed by atoms with Crippen molar-refractivity contribution in [1.29, 1.82) is 0 Å². The van der Waals surface area contributed by atoms with Gasteiger partial charge in [-0.15, -0.1) is 0 Å². The van der Waals surface area contributed by atoms with Crippen LogP contribution in [0.2, 0.25) is 0 Å². The third-order valence-electron chi connectivity index (χ3n) is 1.86. The lowest BCUT2D eigenvalue weighted by Gasteiger charge is -2.04. The second-order valence-corrected chi connectivity index (χ2v) is 3.86. The van der Waals surface area contributed by atoms with Crippen molar-refractivity contribution in [3.05, 3.63) is 33.8 Å². The molecular weight excluding hydrogens is 244 g/mol. The number of aryl methyl sites for hydroxylation is 1. The van der Waals surface area contributed by atoms with Gasteiger partial charge in [0.05, 0.1) is 0 Å². The van der Waals surface area contributed by atoms with Crippen LogP contribution in [-0.2, 0) is 0 Å². The van der Waals surface area contributed by atoms with Crippen molar-refractivity contribution in [2.24, 2.45) is 5.73 Å². The van der Waals surface area contributed by atoms with E-state index in [0.717, 1.165) is 10.0 Å². The Bertz CT molecular complexity index is 339. The molecule has 3 N–H and O–H groups in total. The van der Waals surface area contributed by atoms with Gasteiger partial charge in [0.1, 0.15) is 0 Å². The fourth-order valence-electron chi connectivity index (χ4n) is 1.02. The molecule has 0 heterocycles. The fourth-order valence-corrected chi connectivity index (χ4v) is 1.40. The Kier molecular flexibility index (Phi) is 4.10. The molecule has 1 rings (SSSR count). The SMILES string of the molecule is Cc1ccc(C(=O)NCCN)cc1Br. The molecule has 0 aliphatic heterocycles. The summed E-state index contributed by atoms with van der Waals surface area (Å²) in [4.78, 5) is 11.5. The van der Waals surface area contributed by atoms with Crippen LogP contribution >= 0.6 is 15.9 Å². The Balaban J connectivity index is 2.76. The van der Waals surface area contributed by atoms with Gasteiger partial charge in [0.25, 0.3) is 5.91 Å². The van der Waals surface area contributed by atoms with E-state index >= 15 is 0 Å². The average molecular weight is 257 g/mol. The van der Waals surface area contributed by atoms with Crippen molar-refractivity contribution >= 4 is 21.8 Å². The number of carbonyl (C=O) groups excluding carboxylic acids is 1. The van der Waals surface area contributed by atoms with Crippen LogP contribution < -0.4 is 11.1 Å².